The second kappa shape index (κ2) is 6.47. The molecule has 2 N–H and O–H groups in total. The van der Waals surface area contributed by atoms with Crippen LogP contribution in [0.3, 0.4) is 0 Å². The zero-order valence-corrected chi connectivity index (χ0v) is 10.9. The van der Waals surface area contributed by atoms with Crippen molar-refractivity contribution in [1.29, 1.82) is 0 Å². The van der Waals surface area contributed by atoms with Gasteiger partial charge in [-0.25, -0.2) is 4.39 Å². The molecule has 1 aliphatic rings. The lowest BCUT2D eigenvalue weighted by Crippen LogP contribution is -2.37. The second-order valence-electron chi connectivity index (χ2n) is 4.59. The molecule has 1 aromatic rings. The van der Waals surface area contributed by atoms with Crippen molar-refractivity contribution < 1.29 is 27.5 Å². The Kier molecular flexibility index (Phi) is 4.66. The Bertz CT molecular complexity index is 551. The van der Waals surface area contributed by atoms with E-state index in [-0.39, 0.29) is 30.7 Å². The fraction of sp³-hybridized carbons (Fsp3) is 0.385. The minimum absolute atomic E-state index is 0.115. The molecule has 2 amide bonds. The van der Waals surface area contributed by atoms with E-state index < -0.39 is 18.2 Å². The number of amides is 2. The van der Waals surface area contributed by atoms with Crippen molar-refractivity contribution in [2.45, 2.75) is 25.5 Å². The highest BCUT2D eigenvalue weighted by molar-refractivity contribution is 5.83. The van der Waals surface area contributed by atoms with Crippen molar-refractivity contribution in [3.8, 4) is 5.75 Å². The van der Waals surface area contributed by atoms with E-state index in [1.54, 1.807) is 0 Å². The molecule has 0 aliphatic carbocycles. The lowest BCUT2D eigenvalue weighted by Gasteiger charge is -2.11. The van der Waals surface area contributed by atoms with Gasteiger partial charge in [0.1, 0.15) is 0 Å². The predicted octanol–water partition coefficient (Wildman–Crippen LogP) is 0.974. The summed E-state index contributed by atoms with van der Waals surface area (Å²) in [6.07, 6.45) is 0.0951. The molecule has 8 heteroatoms. The molecule has 1 aliphatic heterocycles. The second-order valence-corrected chi connectivity index (χ2v) is 4.59. The number of carbonyl (C=O) groups is 2. The summed E-state index contributed by atoms with van der Waals surface area (Å²) in [5, 5.41) is 5.20. The lowest BCUT2D eigenvalue weighted by atomic mass is 10.1. The molecule has 1 unspecified atom stereocenters. The van der Waals surface area contributed by atoms with Crippen LogP contribution in [-0.2, 0) is 16.0 Å². The molecule has 0 saturated carbocycles. The summed E-state index contributed by atoms with van der Waals surface area (Å²) in [6, 6.07) is 3.06. The van der Waals surface area contributed by atoms with E-state index in [2.05, 4.69) is 15.4 Å². The summed E-state index contributed by atoms with van der Waals surface area (Å²) < 4.78 is 41.4. The SMILES string of the molecule is O=C1CC(NC(=O)Cc2ccc(OC(F)F)c(F)c2)CN1. The average molecular weight is 302 g/mol. The third kappa shape index (κ3) is 4.37. The maximum atomic E-state index is 13.5. The number of ether oxygens (including phenoxy) is 1. The Labute approximate surface area is 118 Å². The Morgan fingerprint density at radius 1 is 1.48 bits per heavy atom. The van der Waals surface area contributed by atoms with Gasteiger partial charge >= 0.3 is 6.61 Å². The number of halogens is 3. The molecule has 5 nitrogen and oxygen atoms in total. The van der Waals surface area contributed by atoms with Crippen molar-refractivity contribution in [2.24, 2.45) is 0 Å². The fourth-order valence-corrected chi connectivity index (χ4v) is 2.02. The Balaban J connectivity index is 1.91. The topological polar surface area (TPSA) is 67.4 Å². The number of nitrogens with one attached hydrogen (secondary N) is 2. The first-order valence-corrected chi connectivity index (χ1v) is 6.23. The molecule has 1 fully saturated rings. The van der Waals surface area contributed by atoms with Crippen molar-refractivity contribution in [3.63, 3.8) is 0 Å². The van der Waals surface area contributed by atoms with Crippen LogP contribution in [0.5, 0.6) is 5.75 Å². The standard InChI is InChI=1S/C13H13F3N2O3/c14-9-3-7(1-2-10(9)21-13(15)16)4-12(20)18-8-5-11(19)17-6-8/h1-3,8,13H,4-6H2,(H,17,19)(H,18,20). The molecule has 0 bridgehead atoms. The number of benzene rings is 1. The van der Waals surface area contributed by atoms with Crippen LogP contribution in [0, 0.1) is 5.82 Å². The lowest BCUT2D eigenvalue weighted by molar-refractivity contribution is -0.121. The van der Waals surface area contributed by atoms with Gasteiger partial charge in [-0.15, -0.1) is 0 Å². The summed E-state index contributed by atoms with van der Waals surface area (Å²) in [6.45, 7) is -2.75. The van der Waals surface area contributed by atoms with Gasteiger partial charge in [-0.1, -0.05) is 6.07 Å². The van der Waals surface area contributed by atoms with Crippen molar-refractivity contribution >= 4 is 11.8 Å². The normalized spacial score (nSPS) is 17.7. The van der Waals surface area contributed by atoms with Crippen molar-refractivity contribution in [1.82, 2.24) is 10.6 Å². The van der Waals surface area contributed by atoms with E-state index >= 15 is 0 Å². The van der Waals surface area contributed by atoms with E-state index in [0.717, 1.165) is 12.1 Å². The number of hydrogen-bond acceptors (Lipinski definition) is 3. The highest BCUT2D eigenvalue weighted by Gasteiger charge is 2.23. The molecule has 1 atom stereocenters. The van der Waals surface area contributed by atoms with E-state index in [1.165, 1.54) is 6.07 Å². The Hall–Kier alpha value is -2.25. The van der Waals surface area contributed by atoms with E-state index in [0.29, 0.717) is 12.1 Å². The first kappa shape index (κ1) is 15.1. The molecule has 0 radical (unpaired) electrons. The molecule has 2 rings (SSSR count). The highest BCUT2D eigenvalue weighted by Crippen LogP contribution is 2.20. The molecular weight excluding hydrogens is 289 g/mol. The van der Waals surface area contributed by atoms with Crippen LogP contribution in [0.15, 0.2) is 18.2 Å². The van der Waals surface area contributed by atoms with E-state index in [4.69, 9.17) is 0 Å². The molecule has 21 heavy (non-hydrogen) atoms. The van der Waals surface area contributed by atoms with E-state index in [1.807, 2.05) is 0 Å². The summed E-state index contributed by atoms with van der Waals surface area (Å²) in [5.74, 6) is -2.05. The Morgan fingerprint density at radius 3 is 2.81 bits per heavy atom. The molecular formula is C13H13F3N2O3. The van der Waals surface area contributed by atoms with Gasteiger partial charge in [0.15, 0.2) is 11.6 Å². The summed E-state index contributed by atoms with van der Waals surface area (Å²) in [4.78, 5) is 22.7. The van der Waals surface area contributed by atoms with Gasteiger partial charge < -0.3 is 15.4 Å². The predicted molar refractivity (Wildman–Crippen MR) is 66.3 cm³/mol. The van der Waals surface area contributed by atoms with Crippen LogP contribution in [0.2, 0.25) is 0 Å². The van der Waals surface area contributed by atoms with Crippen molar-refractivity contribution in [2.75, 3.05) is 6.54 Å². The molecule has 0 spiro atoms. The van der Waals surface area contributed by atoms with Crippen LogP contribution >= 0.6 is 0 Å². The zero-order chi connectivity index (χ0) is 15.4. The molecule has 0 aromatic heterocycles. The van der Waals surface area contributed by atoms with Crippen LogP contribution in [0.25, 0.3) is 0 Å². The molecule has 1 saturated heterocycles. The Morgan fingerprint density at radius 2 is 2.24 bits per heavy atom. The first-order chi connectivity index (χ1) is 9.94. The fourth-order valence-electron chi connectivity index (χ4n) is 2.02. The smallest absolute Gasteiger partial charge is 0.387 e. The average Bonchev–Trinajstić information content (AvgIpc) is 2.77. The van der Waals surface area contributed by atoms with Gasteiger partial charge in [-0.2, -0.15) is 8.78 Å². The molecule has 1 heterocycles. The number of hydrogen-bond donors (Lipinski definition) is 2. The molecule has 1 aromatic carbocycles. The monoisotopic (exact) mass is 302 g/mol. The third-order valence-electron chi connectivity index (χ3n) is 2.92. The first-order valence-electron chi connectivity index (χ1n) is 6.23. The van der Waals surface area contributed by atoms with Gasteiger partial charge in [-0.05, 0) is 17.7 Å². The minimum Gasteiger partial charge on any atom is -0.432 e. The van der Waals surface area contributed by atoms with Crippen LogP contribution < -0.4 is 15.4 Å². The third-order valence-corrected chi connectivity index (χ3v) is 2.92. The van der Waals surface area contributed by atoms with E-state index in [9.17, 15) is 22.8 Å². The van der Waals surface area contributed by atoms with Gasteiger partial charge in [0, 0.05) is 13.0 Å². The maximum absolute atomic E-state index is 13.5. The quantitative estimate of drug-likeness (QED) is 0.852. The van der Waals surface area contributed by atoms with Crippen LogP contribution in [0.1, 0.15) is 12.0 Å². The van der Waals surface area contributed by atoms with Crippen LogP contribution in [0.4, 0.5) is 13.2 Å². The van der Waals surface area contributed by atoms with Crippen molar-refractivity contribution in [3.05, 3.63) is 29.6 Å². The summed E-state index contributed by atoms with van der Waals surface area (Å²) >= 11 is 0. The van der Waals surface area contributed by atoms with Crippen LogP contribution in [-0.4, -0.2) is 31.0 Å². The van der Waals surface area contributed by atoms with Gasteiger partial charge in [0.05, 0.1) is 12.5 Å². The highest BCUT2D eigenvalue weighted by atomic mass is 19.3. The largest absolute Gasteiger partial charge is 0.432 e. The van der Waals surface area contributed by atoms with Gasteiger partial charge in [0.2, 0.25) is 11.8 Å². The van der Waals surface area contributed by atoms with Gasteiger partial charge in [-0.3, -0.25) is 9.59 Å². The zero-order valence-electron chi connectivity index (χ0n) is 10.9. The molecule has 114 valence electrons. The summed E-state index contributed by atoms with van der Waals surface area (Å²) in [5.41, 5.74) is 0.323. The number of alkyl halides is 2. The summed E-state index contributed by atoms with van der Waals surface area (Å²) in [7, 11) is 0. The minimum atomic E-state index is -3.11. The van der Waals surface area contributed by atoms with Gasteiger partial charge in [0.25, 0.3) is 0 Å². The number of carbonyl (C=O) groups excluding carboxylic acids is 2. The maximum Gasteiger partial charge on any atom is 0.387 e. The number of rotatable bonds is 5.